The molecule has 0 saturated heterocycles. The third-order valence-electron chi connectivity index (χ3n) is 0. The van der Waals surface area contributed by atoms with E-state index in [0.29, 0.717) is 0 Å². The second-order valence-electron chi connectivity index (χ2n) is 0. The monoisotopic (exact) mass is 172 g/mol. The molecule has 0 saturated carbocycles. The molecule has 0 amide bonds. The molecule has 0 aliphatic rings. The molecule has 0 bridgehead atoms. The van der Waals surface area contributed by atoms with E-state index in [-0.39, 0.29) is 56.8 Å². The van der Waals surface area contributed by atoms with Crippen molar-refractivity contribution >= 4 is 0 Å². The van der Waals surface area contributed by atoms with Crippen molar-refractivity contribution in [2.75, 3.05) is 0 Å². The molecule has 8 heavy (non-hydrogen) atoms. The Morgan fingerprint density at radius 1 is 0.375 bits per heavy atom. The Balaban J connectivity index is 0. The van der Waals surface area contributed by atoms with Gasteiger partial charge in [0.2, 0.25) is 0 Å². The minimum absolute atomic E-state index is 0. The zero-order chi connectivity index (χ0) is 0. The van der Waals surface area contributed by atoms with E-state index in [1.807, 2.05) is 0 Å². The third-order valence-corrected chi connectivity index (χ3v) is 0. The second kappa shape index (κ2) is 4410. The maximum atomic E-state index is 0. The van der Waals surface area contributed by atoms with Crippen LogP contribution in [-0.2, 0) is 16.5 Å². The summed E-state index contributed by atoms with van der Waals surface area (Å²) in [6.07, 6.45) is 0. The first kappa shape index (κ1) is 6760. The molecule has 0 aliphatic heterocycles. The van der Waals surface area contributed by atoms with Crippen molar-refractivity contribution in [2.45, 2.75) is 0 Å². The summed E-state index contributed by atoms with van der Waals surface area (Å²) in [5.41, 5.74) is 0. The summed E-state index contributed by atoms with van der Waals surface area (Å²) in [5.74, 6) is 0. The normalized spacial score (nSPS) is 0. The summed E-state index contributed by atoms with van der Waals surface area (Å²) < 4.78 is 0. The third kappa shape index (κ3) is 2690. The van der Waals surface area contributed by atoms with E-state index in [2.05, 4.69) is 0 Å². The molecule has 56 valence electrons. The van der Waals surface area contributed by atoms with Crippen molar-refractivity contribution in [1.82, 2.24) is 0 Å². The molecular weight excluding hydrogens is 167 g/mol. The van der Waals surface area contributed by atoms with Crippen LogP contribution in [0, 0.1) is 7.43 Å². The molecule has 0 rings (SSSR count). The van der Waals surface area contributed by atoms with E-state index in [4.69, 9.17) is 0 Å². The standard InChI is InChI=1S/C.Ni.6H2O/h;;6*1H2/q+4;+2;;;;;;/p-6. The molecular formula is CH6NiO6. The van der Waals surface area contributed by atoms with Crippen molar-refractivity contribution in [2.24, 2.45) is 0 Å². The van der Waals surface area contributed by atoms with Gasteiger partial charge in [-0.15, -0.1) is 0 Å². The van der Waals surface area contributed by atoms with Gasteiger partial charge < -0.3 is 32.9 Å². The minimum atomic E-state index is 0. The van der Waals surface area contributed by atoms with E-state index < -0.39 is 0 Å². The second-order valence-corrected chi connectivity index (χ2v) is 0. The van der Waals surface area contributed by atoms with Crippen LogP contribution in [0.15, 0.2) is 0 Å². The van der Waals surface area contributed by atoms with Crippen LogP contribution in [0.1, 0.15) is 0 Å². The molecule has 0 atom stereocenters. The van der Waals surface area contributed by atoms with Gasteiger partial charge in [0.25, 0.3) is 0 Å². The topological polar surface area (TPSA) is 180 Å². The van der Waals surface area contributed by atoms with Crippen LogP contribution in [0.5, 0.6) is 0 Å². The fourth-order valence-electron chi connectivity index (χ4n) is 0. The number of rotatable bonds is 0. The maximum Gasteiger partial charge on any atom is 4.00 e. The largest absolute Gasteiger partial charge is 4.00 e. The summed E-state index contributed by atoms with van der Waals surface area (Å²) in [6.45, 7) is 0. The zero-order valence-electron chi connectivity index (χ0n) is 3.50. The molecule has 6 nitrogen and oxygen atoms in total. The first-order valence-corrected chi connectivity index (χ1v) is 0. The first-order valence-electron chi connectivity index (χ1n) is 0. The van der Waals surface area contributed by atoms with E-state index in [1.165, 1.54) is 0 Å². The Kier molecular flexibility index (Phi) is 3730000. The van der Waals surface area contributed by atoms with Gasteiger partial charge in [0, 0.05) is 0 Å². The van der Waals surface area contributed by atoms with Crippen LogP contribution >= 0.6 is 0 Å². The fraction of sp³-hybridized carbons (Fsp3) is 0. The number of hydrogen-bond acceptors (Lipinski definition) is 6. The molecule has 0 aromatic heterocycles. The molecule has 0 aromatic carbocycles. The predicted octanol–water partition coefficient (Wildman–Crippen LogP) is -0.982. The van der Waals surface area contributed by atoms with E-state index in [0.717, 1.165) is 0 Å². The SMILES string of the molecule is [C+4].[Ni+2].[OH-].[OH-].[OH-].[OH-].[OH-].[OH-]. The van der Waals surface area contributed by atoms with Crippen LogP contribution < -0.4 is 0 Å². The van der Waals surface area contributed by atoms with E-state index >= 15 is 0 Å². The van der Waals surface area contributed by atoms with Crippen LogP contribution in [-0.4, -0.2) is 32.9 Å². The van der Waals surface area contributed by atoms with Crippen LogP contribution in [0.4, 0.5) is 0 Å². The smallest absolute Gasteiger partial charge is 0.870 e. The quantitative estimate of drug-likeness (QED) is 0.423. The van der Waals surface area contributed by atoms with Gasteiger partial charge in [-0.1, -0.05) is 0 Å². The zero-order valence-corrected chi connectivity index (χ0v) is 4.49. The van der Waals surface area contributed by atoms with Crippen molar-refractivity contribution in [3.8, 4) is 0 Å². The molecule has 0 aromatic rings. The van der Waals surface area contributed by atoms with Gasteiger partial charge in [-0.3, -0.25) is 0 Å². The molecule has 7 heteroatoms. The predicted molar refractivity (Wildman–Crippen MR) is 14.9 cm³/mol. The Morgan fingerprint density at radius 3 is 0.375 bits per heavy atom. The van der Waals surface area contributed by atoms with Crippen LogP contribution in [0.3, 0.4) is 0 Å². The molecule has 0 unspecified atom stereocenters. The van der Waals surface area contributed by atoms with Crippen LogP contribution in [0.2, 0.25) is 0 Å². The first-order chi connectivity index (χ1) is 0. The van der Waals surface area contributed by atoms with Gasteiger partial charge in [0.05, 0.1) is 0 Å². The van der Waals surface area contributed by atoms with Crippen molar-refractivity contribution in [3.63, 3.8) is 0 Å². The van der Waals surface area contributed by atoms with E-state index in [1.54, 1.807) is 0 Å². The summed E-state index contributed by atoms with van der Waals surface area (Å²) in [7, 11) is 0. The van der Waals surface area contributed by atoms with Crippen molar-refractivity contribution in [1.29, 1.82) is 0 Å². The number of hydrogen-bond donors (Lipinski definition) is 0. The van der Waals surface area contributed by atoms with Crippen molar-refractivity contribution in [3.05, 3.63) is 7.43 Å². The Morgan fingerprint density at radius 2 is 0.375 bits per heavy atom. The van der Waals surface area contributed by atoms with Crippen LogP contribution in [0.25, 0.3) is 0 Å². The van der Waals surface area contributed by atoms with E-state index in [9.17, 15) is 0 Å². The molecule has 0 aliphatic carbocycles. The Labute approximate surface area is 57.7 Å². The summed E-state index contributed by atoms with van der Waals surface area (Å²) in [5, 5.41) is 0. The molecule has 0 heterocycles. The Bertz CT molecular complexity index is 8.49. The average Bonchev–Trinajstić information content (AvgIpc) is 0. The molecule has 0 spiro atoms. The Hall–Kier alpha value is 0.254. The van der Waals surface area contributed by atoms with Crippen molar-refractivity contribution < 1.29 is 49.3 Å². The fourth-order valence-corrected chi connectivity index (χ4v) is 0. The molecule has 6 N–H and O–H groups in total. The molecule has 0 fully saturated rings. The van der Waals surface area contributed by atoms with Gasteiger partial charge >= 0.3 is 23.9 Å². The maximum absolute atomic E-state index is 0. The van der Waals surface area contributed by atoms with Gasteiger partial charge in [0.15, 0.2) is 0 Å². The summed E-state index contributed by atoms with van der Waals surface area (Å²) in [4.78, 5) is 0. The van der Waals surface area contributed by atoms with Gasteiger partial charge in [-0.25, -0.2) is 0 Å². The molecule has 0 radical (unpaired) electrons. The van der Waals surface area contributed by atoms with Gasteiger partial charge in [-0.2, -0.15) is 0 Å². The minimum Gasteiger partial charge on any atom is -0.870 e. The van der Waals surface area contributed by atoms with Gasteiger partial charge in [-0.05, 0) is 0 Å². The summed E-state index contributed by atoms with van der Waals surface area (Å²) >= 11 is 0. The van der Waals surface area contributed by atoms with Gasteiger partial charge in [0.1, 0.15) is 0 Å². The average molecular weight is 173 g/mol. The summed E-state index contributed by atoms with van der Waals surface area (Å²) in [6, 6.07) is 0.